The number of nitrogens with one attached hydrogen (secondary N) is 1. The number of hydrogen-bond donors (Lipinski definition) is 1. The molecule has 19 heavy (non-hydrogen) atoms. The summed E-state index contributed by atoms with van der Waals surface area (Å²) < 4.78 is 5.17. The van der Waals surface area contributed by atoms with Gasteiger partial charge in [0.2, 0.25) is 0 Å². The van der Waals surface area contributed by atoms with Crippen LogP contribution in [-0.2, 0) is 11.2 Å². The molecule has 0 saturated carbocycles. The van der Waals surface area contributed by atoms with Crippen molar-refractivity contribution in [2.75, 3.05) is 20.3 Å². The quantitative estimate of drug-likeness (QED) is 0.688. The zero-order valence-electron chi connectivity index (χ0n) is 12.9. The first-order chi connectivity index (χ1) is 9.13. The van der Waals surface area contributed by atoms with Gasteiger partial charge in [0, 0.05) is 19.8 Å². The van der Waals surface area contributed by atoms with E-state index >= 15 is 0 Å². The molecule has 0 aliphatic rings. The van der Waals surface area contributed by atoms with E-state index in [1.54, 1.807) is 7.11 Å². The summed E-state index contributed by atoms with van der Waals surface area (Å²) in [6.45, 7) is 8.58. The Morgan fingerprint density at radius 2 is 1.95 bits per heavy atom. The Hall–Kier alpha value is -0.860. The molecule has 0 spiro atoms. The molecule has 1 aromatic rings. The molecule has 0 bridgehead atoms. The summed E-state index contributed by atoms with van der Waals surface area (Å²) in [5.74, 6) is 0.693. The van der Waals surface area contributed by atoms with E-state index in [-0.39, 0.29) is 0 Å². The van der Waals surface area contributed by atoms with Crippen molar-refractivity contribution in [3.8, 4) is 0 Å². The van der Waals surface area contributed by atoms with Gasteiger partial charge < -0.3 is 10.1 Å². The van der Waals surface area contributed by atoms with Crippen molar-refractivity contribution in [1.29, 1.82) is 0 Å². The molecule has 0 aromatic heterocycles. The molecule has 1 aromatic carbocycles. The normalized spacial score (nSPS) is 12.9. The van der Waals surface area contributed by atoms with Crippen molar-refractivity contribution in [2.24, 2.45) is 5.92 Å². The van der Waals surface area contributed by atoms with Crippen molar-refractivity contribution >= 4 is 0 Å². The van der Waals surface area contributed by atoms with E-state index in [1.807, 2.05) is 0 Å². The van der Waals surface area contributed by atoms with Gasteiger partial charge in [0.05, 0.1) is 0 Å². The van der Waals surface area contributed by atoms with Crippen molar-refractivity contribution in [1.82, 2.24) is 5.32 Å². The largest absolute Gasteiger partial charge is 0.385 e. The Bertz CT molecular complexity index is 349. The topological polar surface area (TPSA) is 21.3 Å². The van der Waals surface area contributed by atoms with Crippen molar-refractivity contribution < 1.29 is 4.74 Å². The molecule has 1 rings (SSSR count). The smallest absolute Gasteiger partial charge is 0.0462 e. The van der Waals surface area contributed by atoms with Gasteiger partial charge in [-0.25, -0.2) is 0 Å². The summed E-state index contributed by atoms with van der Waals surface area (Å²) in [6, 6.07) is 9.28. The lowest BCUT2D eigenvalue weighted by molar-refractivity contribution is 0.186. The second kappa shape index (κ2) is 9.11. The minimum atomic E-state index is 0.557. The molecule has 2 heteroatoms. The summed E-state index contributed by atoms with van der Waals surface area (Å²) >= 11 is 0. The highest BCUT2D eigenvalue weighted by molar-refractivity contribution is 5.25. The molecule has 0 heterocycles. The first-order valence-electron chi connectivity index (χ1n) is 7.40. The number of ether oxygens (including phenoxy) is 1. The summed E-state index contributed by atoms with van der Waals surface area (Å²) in [7, 11) is 1.78. The van der Waals surface area contributed by atoms with Gasteiger partial charge in [0.25, 0.3) is 0 Å². The van der Waals surface area contributed by atoms with Crippen LogP contribution in [-0.4, -0.2) is 26.3 Å². The molecule has 1 unspecified atom stereocenters. The van der Waals surface area contributed by atoms with E-state index in [4.69, 9.17) is 4.74 Å². The van der Waals surface area contributed by atoms with Gasteiger partial charge in [-0.15, -0.1) is 0 Å². The van der Waals surface area contributed by atoms with Gasteiger partial charge in [0.1, 0.15) is 0 Å². The second-order valence-electron chi connectivity index (χ2n) is 5.69. The van der Waals surface area contributed by atoms with E-state index in [9.17, 15) is 0 Å². The monoisotopic (exact) mass is 263 g/mol. The van der Waals surface area contributed by atoms with Gasteiger partial charge >= 0.3 is 0 Å². The van der Waals surface area contributed by atoms with Crippen LogP contribution in [0.1, 0.15) is 37.8 Å². The third-order valence-corrected chi connectivity index (χ3v) is 3.55. The Labute approximate surface area is 118 Å². The minimum absolute atomic E-state index is 0.557. The minimum Gasteiger partial charge on any atom is -0.385 e. The van der Waals surface area contributed by atoms with E-state index in [0.717, 1.165) is 26.0 Å². The Morgan fingerprint density at radius 3 is 2.58 bits per heavy atom. The fourth-order valence-corrected chi connectivity index (χ4v) is 2.35. The first-order valence-corrected chi connectivity index (χ1v) is 7.40. The van der Waals surface area contributed by atoms with E-state index < -0.39 is 0 Å². The van der Waals surface area contributed by atoms with Crippen molar-refractivity contribution in [2.45, 2.75) is 46.1 Å². The molecule has 0 saturated heterocycles. The number of methoxy groups -OCH3 is 1. The predicted molar refractivity (Wildman–Crippen MR) is 82.6 cm³/mol. The fourth-order valence-electron chi connectivity index (χ4n) is 2.35. The second-order valence-corrected chi connectivity index (χ2v) is 5.69. The number of benzene rings is 1. The highest BCUT2D eigenvalue weighted by Crippen LogP contribution is 2.17. The van der Waals surface area contributed by atoms with E-state index in [2.05, 4.69) is 50.4 Å². The van der Waals surface area contributed by atoms with Crippen LogP contribution in [0.25, 0.3) is 0 Å². The predicted octanol–water partition coefficient (Wildman–Crippen LogP) is 3.58. The van der Waals surface area contributed by atoms with Crippen LogP contribution in [0.2, 0.25) is 0 Å². The molecule has 0 aliphatic carbocycles. The molecule has 108 valence electrons. The summed E-state index contributed by atoms with van der Waals surface area (Å²) in [6.07, 6.45) is 3.53. The average Bonchev–Trinajstić information content (AvgIpc) is 2.38. The molecule has 1 N–H and O–H groups in total. The molecule has 0 fully saturated rings. The van der Waals surface area contributed by atoms with Gasteiger partial charge in [0.15, 0.2) is 0 Å². The molecule has 1 atom stereocenters. The summed E-state index contributed by atoms with van der Waals surface area (Å²) in [4.78, 5) is 0. The van der Waals surface area contributed by atoms with Crippen LogP contribution in [0.3, 0.4) is 0 Å². The van der Waals surface area contributed by atoms with Crippen LogP contribution in [0.5, 0.6) is 0 Å². The Balaban J connectivity index is 2.54. The van der Waals surface area contributed by atoms with E-state index in [1.165, 1.54) is 17.5 Å². The van der Waals surface area contributed by atoms with E-state index in [0.29, 0.717) is 12.0 Å². The number of rotatable bonds is 9. The zero-order valence-corrected chi connectivity index (χ0v) is 12.9. The Kier molecular flexibility index (Phi) is 7.76. The summed E-state index contributed by atoms with van der Waals surface area (Å²) in [5, 5.41) is 3.57. The third-order valence-electron chi connectivity index (χ3n) is 3.55. The fraction of sp³-hybridized carbons (Fsp3) is 0.647. The van der Waals surface area contributed by atoms with Crippen molar-refractivity contribution in [3.05, 3.63) is 35.4 Å². The Morgan fingerprint density at radius 1 is 1.21 bits per heavy atom. The summed E-state index contributed by atoms with van der Waals surface area (Å²) in [5.41, 5.74) is 2.89. The molecule has 0 aliphatic heterocycles. The molecular formula is C17H29NO. The molecular weight excluding hydrogens is 234 g/mol. The number of hydrogen-bond acceptors (Lipinski definition) is 2. The average molecular weight is 263 g/mol. The molecule has 2 nitrogen and oxygen atoms in total. The van der Waals surface area contributed by atoms with Crippen LogP contribution in [0.4, 0.5) is 0 Å². The first kappa shape index (κ1) is 16.2. The third kappa shape index (κ3) is 6.74. The maximum atomic E-state index is 5.17. The van der Waals surface area contributed by atoms with Gasteiger partial charge in [-0.05, 0) is 49.8 Å². The van der Waals surface area contributed by atoms with Crippen LogP contribution >= 0.6 is 0 Å². The zero-order chi connectivity index (χ0) is 14.1. The lowest BCUT2D eigenvalue weighted by Gasteiger charge is -2.20. The molecule has 0 radical (unpaired) electrons. The lowest BCUT2D eigenvalue weighted by atomic mass is 9.92. The molecule has 0 amide bonds. The highest BCUT2D eigenvalue weighted by Gasteiger charge is 2.11. The standard InChI is InChI=1S/C17H29NO/c1-14(2)18-13-16(9-7-11-19-4)12-17-10-6-5-8-15(17)3/h5-6,8,10,14,16,18H,7,9,11-13H2,1-4H3. The van der Waals surface area contributed by atoms with Crippen molar-refractivity contribution in [3.63, 3.8) is 0 Å². The maximum Gasteiger partial charge on any atom is 0.0462 e. The van der Waals surface area contributed by atoms with Gasteiger partial charge in [-0.1, -0.05) is 38.1 Å². The lowest BCUT2D eigenvalue weighted by Crippen LogP contribution is -2.30. The van der Waals surface area contributed by atoms with Crippen LogP contribution < -0.4 is 5.32 Å². The van der Waals surface area contributed by atoms with Gasteiger partial charge in [-0.2, -0.15) is 0 Å². The van der Waals surface area contributed by atoms with Gasteiger partial charge in [-0.3, -0.25) is 0 Å². The highest BCUT2D eigenvalue weighted by atomic mass is 16.5. The van der Waals surface area contributed by atoms with Crippen LogP contribution in [0, 0.1) is 12.8 Å². The SMILES string of the molecule is COCCCC(CNC(C)C)Cc1ccccc1C. The number of aryl methyl sites for hydroxylation is 1. The maximum absolute atomic E-state index is 5.17. The van der Waals surface area contributed by atoms with Crippen LogP contribution in [0.15, 0.2) is 24.3 Å².